The number of aliphatic carboxylic acids is 1. The van der Waals surface area contributed by atoms with Gasteiger partial charge in [-0.05, 0) is 13.3 Å². The van der Waals surface area contributed by atoms with Crippen molar-refractivity contribution in [1.29, 1.82) is 5.26 Å². The summed E-state index contributed by atoms with van der Waals surface area (Å²) in [6.45, 7) is 4.15. The van der Waals surface area contributed by atoms with E-state index in [9.17, 15) is 14.4 Å². The van der Waals surface area contributed by atoms with E-state index in [1.807, 2.05) is 6.07 Å². The number of hydrogen-bond donors (Lipinski definition) is 2. The fourth-order valence-electron chi connectivity index (χ4n) is 2.11. The van der Waals surface area contributed by atoms with Crippen LogP contribution in [0.3, 0.4) is 0 Å². The molecule has 0 aliphatic carbocycles. The van der Waals surface area contributed by atoms with Crippen molar-refractivity contribution in [3.05, 3.63) is 11.8 Å². The minimum Gasteiger partial charge on any atom is -0.481 e. The van der Waals surface area contributed by atoms with Crippen molar-refractivity contribution in [1.82, 2.24) is 15.1 Å². The molecule has 1 saturated heterocycles. The number of nitriles is 1. The largest absolute Gasteiger partial charge is 0.481 e. The SMILES string of the molecule is CCOC(=O)N1CCN(/C=C(/C#N)C(=O)NCCCC(=O)O)CC1. The molecule has 9 nitrogen and oxygen atoms in total. The third-order valence-corrected chi connectivity index (χ3v) is 3.37. The Kier molecular flexibility index (Phi) is 8.11. The van der Waals surface area contributed by atoms with Gasteiger partial charge >= 0.3 is 12.1 Å². The Balaban J connectivity index is 2.46. The van der Waals surface area contributed by atoms with E-state index in [4.69, 9.17) is 15.1 Å². The van der Waals surface area contributed by atoms with Gasteiger partial charge in [-0.25, -0.2) is 4.79 Å². The zero-order valence-corrected chi connectivity index (χ0v) is 13.7. The van der Waals surface area contributed by atoms with E-state index in [0.717, 1.165) is 0 Å². The highest BCUT2D eigenvalue weighted by atomic mass is 16.6. The van der Waals surface area contributed by atoms with Crippen LogP contribution in [-0.2, 0) is 14.3 Å². The van der Waals surface area contributed by atoms with E-state index in [2.05, 4.69) is 5.32 Å². The minimum absolute atomic E-state index is 0.0400. The van der Waals surface area contributed by atoms with Crippen LogP contribution in [0.15, 0.2) is 11.8 Å². The van der Waals surface area contributed by atoms with Gasteiger partial charge < -0.3 is 25.0 Å². The molecule has 0 radical (unpaired) electrons. The summed E-state index contributed by atoms with van der Waals surface area (Å²) in [5.74, 6) is -1.46. The summed E-state index contributed by atoms with van der Waals surface area (Å²) in [5.41, 5.74) is -0.0464. The molecule has 0 saturated carbocycles. The van der Waals surface area contributed by atoms with Crippen molar-refractivity contribution < 1.29 is 24.2 Å². The lowest BCUT2D eigenvalue weighted by Crippen LogP contribution is -2.47. The topological polar surface area (TPSA) is 123 Å². The number of nitrogens with one attached hydrogen (secondary N) is 1. The number of carboxylic acids is 1. The predicted molar refractivity (Wildman–Crippen MR) is 83.7 cm³/mol. The van der Waals surface area contributed by atoms with Crippen LogP contribution < -0.4 is 5.32 Å². The maximum absolute atomic E-state index is 11.9. The molecular formula is C15H22N4O5. The van der Waals surface area contributed by atoms with Crippen LogP contribution in [-0.4, -0.2) is 72.2 Å². The standard InChI is InChI=1S/C15H22N4O5/c1-2-24-15(23)19-8-6-18(7-9-19)11-12(10-16)14(22)17-5-3-4-13(20)21/h11H,2-9H2,1H3,(H,17,22)(H,20,21)/b12-11-. The van der Waals surface area contributed by atoms with Crippen molar-refractivity contribution in [3.63, 3.8) is 0 Å². The molecule has 0 aromatic rings. The van der Waals surface area contributed by atoms with Crippen LogP contribution in [0, 0.1) is 11.3 Å². The monoisotopic (exact) mass is 338 g/mol. The van der Waals surface area contributed by atoms with Crippen LogP contribution >= 0.6 is 0 Å². The van der Waals surface area contributed by atoms with Crippen molar-refractivity contribution in [2.24, 2.45) is 0 Å². The van der Waals surface area contributed by atoms with Crippen LogP contribution in [0.25, 0.3) is 0 Å². The molecule has 0 bridgehead atoms. The molecular weight excluding hydrogens is 316 g/mol. The second kappa shape index (κ2) is 10.1. The first-order valence-corrected chi connectivity index (χ1v) is 7.75. The summed E-state index contributed by atoms with van der Waals surface area (Å²) < 4.78 is 4.92. The highest BCUT2D eigenvalue weighted by Crippen LogP contribution is 2.06. The summed E-state index contributed by atoms with van der Waals surface area (Å²) in [6, 6.07) is 1.84. The van der Waals surface area contributed by atoms with Crippen LogP contribution in [0.2, 0.25) is 0 Å². The molecule has 24 heavy (non-hydrogen) atoms. The number of carboxylic acid groups (broad SMARTS) is 1. The maximum Gasteiger partial charge on any atom is 0.409 e. The first-order chi connectivity index (χ1) is 11.5. The summed E-state index contributed by atoms with van der Waals surface area (Å²) in [7, 11) is 0. The van der Waals surface area contributed by atoms with E-state index < -0.39 is 11.9 Å². The van der Waals surface area contributed by atoms with E-state index >= 15 is 0 Å². The second-order valence-corrected chi connectivity index (χ2v) is 5.13. The predicted octanol–water partition coefficient (Wildman–Crippen LogP) is 0.149. The lowest BCUT2D eigenvalue weighted by atomic mass is 10.2. The number of piperazine rings is 1. The Morgan fingerprint density at radius 2 is 1.96 bits per heavy atom. The molecule has 0 spiro atoms. The first-order valence-electron chi connectivity index (χ1n) is 7.75. The average molecular weight is 338 g/mol. The molecule has 0 atom stereocenters. The molecule has 1 fully saturated rings. The van der Waals surface area contributed by atoms with Crippen molar-refractivity contribution in [2.75, 3.05) is 39.3 Å². The molecule has 0 aromatic heterocycles. The molecule has 9 heteroatoms. The number of amides is 2. The number of ether oxygens (including phenoxy) is 1. The van der Waals surface area contributed by atoms with Gasteiger partial charge in [0.05, 0.1) is 6.61 Å². The van der Waals surface area contributed by atoms with Gasteiger partial charge in [0.2, 0.25) is 0 Å². The Morgan fingerprint density at radius 1 is 1.29 bits per heavy atom. The highest BCUT2D eigenvalue weighted by Gasteiger charge is 2.21. The molecule has 0 unspecified atom stereocenters. The minimum atomic E-state index is -0.931. The van der Waals surface area contributed by atoms with E-state index in [-0.39, 0.29) is 24.6 Å². The quantitative estimate of drug-likeness (QED) is 0.385. The lowest BCUT2D eigenvalue weighted by Gasteiger charge is -2.33. The normalized spacial score (nSPS) is 14.8. The van der Waals surface area contributed by atoms with Crippen LogP contribution in [0.5, 0.6) is 0 Å². The first kappa shape index (κ1) is 19.3. The lowest BCUT2D eigenvalue weighted by molar-refractivity contribution is -0.137. The van der Waals surface area contributed by atoms with Crippen molar-refractivity contribution in [3.8, 4) is 6.07 Å². The number of carbonyl (C=O) groups excluding carboxylic acids is 2. The molecule has 2 amide bonds. The molecule has 1 heterocycles. The molecule has 0 aromatic carbocycles. The van der Waals surface area contributed by atoms with E-state index in [1.165, 1.54) is 6.20 Å². The Morgan fingerprint density at radius 3 is 2.50 bits per heavy atom. The zero-order chi connectivity index (χ0) is 17.9. The summed E-state index contributed by atoms with van der Waals surface area (Å²) in [6.07, 6.45) is 1.37. The van der Waals surface area contributed by atoms with E-state index in [0.29, 0.717) is 39.2 Å². The molecule has 132 valence electrons. The number of nitrogens with zero attached hydrogens (tertiary/aromatic N) is 3. The fourth-order valence-corrected chi connectivity index (χ4v) is 2.11. The van der Waals surface area contributed by atoms with Gasteiger partial charge in [0, 0.05) is 45.3 Å². The molecule has 2 N–H and O–H groups in total. The highest BCUT2D eigenvalue weighted by molar-refractivity contribution is 5.97. The third-order valence-electron chi connectivity index (χ3n) is 3.37. The van der Waals surface area contributed by atoms with Gasteiger partial charge in [0.25, 0.3) is 5.91 Å². The third kappa shape index (κ3) is 6.56. The Bertz CT molecular complexity index is 532. The smallest absolute Gasteiger partial charge is 0.409 e. The van der Waals surface area contributed by atoms with Crippen LogP contribution in [0.1, 0.15) is 19.8 Å². The van der Waals surface area contributed by atoms with Gasteiger partial charge in [-0.15, -0.1) is 0 Å². The summed E-state index contributed by atoms with van der Waals surface area (Å²) >= 11 is 0. The maximum atomic E-state index is 11.9. The number of carbonyl (C=O) groups is 3. The average Bonchev–Trinajstić information content (AvgIpc) is 2.57. The zero-order valence-electron chi connectivity index (χ0n) is 13.7. The Hall–Kier alpha value is -2.76. The van der Waals surface area contributed by atoms with Crippen molar-refractivity contribution in [2.45, 2.75) is 19.8 Å². The van der Waals surface area contributed by atoms with Gasteiger partial charge in [-0.1, -0.05) is 0 Å². The van der Waals surface area contributed by atoms with Gasteiger partial charge in [-0.2, -0.15) is 5.26 Å². The summed E-state index contributed by atoms with van der Waals surface area (Å²) in [4.78, 5) is 37.3. The van der Waals surface area contributed by atoms with Crippen molar-refractivity contribution >= 4 is 18.0 Å². The fraction of sp³-hybridized carbons (Fsp3) is 0.600. The Labute approximate surface area is 140 Å². The number of rotatable bonds is 7. The molecule has 1 rings (SSSR count). The number of hydrogen-bond acceptors (Lipinski definition) is 6. The van der Waals surface area contributed by atoms with Gasteiger partial charge in [0.1, 0.15) is 11.6 Å². The van der Waals surface area contributed by atoms with Crippen LogP contribution in [0.4, 0.5) is 4.79 Å². The van der Waals surface area contributed by atoms with Gasteiger partial charge in [0.15, 0.2) is 0 Å². The molecule has 1 aliphatic rings. The van der Waals surface area contributed by atoms with Gasteiger partial charge in [-0.3, -0.25) is 9.59 Å². The summed E-state index contributed by atoms with van der Waals surface area (Å²) in [5, 5.41) is 20.1. The van der Waals surface area contributed by atoms with E-state index in [1.54, 1.807) is 16.7 Å². The molecule has 1 aliphatic heterocycles. The second-order valence-electron chi connectivity index (χ2n) is 5.13.